The summed E-state index contributed by atoms with van der Waals surface area (Å²) in [5.74, 6) is -0.606. The van der Waals surface area contributed by atoms with Gasteiger partial charge in [-0.3, -0.25) is 0 Å². The number of hydrogen-bond acceptors (Lipinski definition) is 5. The van der Waals surface area contributed by atoms with Crippen LogP contribution in [0.2, 0.25) is 0 Å². The lowest BCUT2D eigenvalue weighted by Crippen LogP contribution is -2.48. The third kappa shape index (κ3) is 2.93. The summed E-state index contributed by atoms with van der Waals surface area (Å²) in [6.45, 7) is 4.91. The Morgan fingerprint density at radius 1 is 1.35 bits per heavy atom. The maximum absolute atomic E-state index is 13.5. The first kappa shape index (κ1) is 15.2. The van der Waals surface area contributed by atoms with Gasteiger partial charge in [-0.25, -0.2) is 17.8 Å². The molecule has 0 radical (unpaired) electrons. The number of hydrogen-bond donors (Lipinski definition) is 2. The number of rotatable bonds is 3. The lowest BCUT2D eigenvalue weighted by Gasteiger charge is -2.27. The van der Waals surface area contributed by atoms with Crippen LogP contribution >= 0.6 is 0 Å². The molecule has 1 aliphatic rings. The van der Waals surface area contributed by atoms with E-state index in [-0.39, 0.29) is 16.1 Å². The van der Waals surface area contributed by atoms with Crippen molar-refractivity contribution >= 4 is 15.7 Å². The van der Waals surface area contributed by atoms with Crippen molar-refractivity contribution in [1.29, 1.82) is 0 Å². The number of nitrogens with two attached hydrogens (primary N) is 1. The second-order valence-corrected chi connectivity index (χ2v) is 6.33. The minimum atomic E-state index is -3.79. The molecule has 0 saturated carbocycles. The summed E-state index contributed by atoms with van der Waals surface area (Å²) >= 11 is 0. The molecule has 0 unspecified atom stereocenters. The number of hydrazine groups is 1. The average molecular weight is 303 g/mol. The molecule has 1 saturated heterocycles. The predicted molar refractivity (Wildman–Crippen MR) is 73.0 cm³/mol. The Bertz CT molecular complexity index is 613. The van der Waals surface area contributed by atoms with E-state index in [9.17, 15) is 12.8 Å². The zero-order chi connectivity index (χ0) is 14.9. The summed E-state index contributed by atoms with van der Waals surface area (Å²) in [6, 6.07) is 1.14. The SMILES string of the molecule is Cc1cc(F)c(N)c(C)c1S(=O)(=O)NN1CCOCC1. The van der Waals surface area contributed by atoms with Gasteiger partial charge in [-0.2, -0.15) is 0 Å². The first-order valence-electron chi connectivity index (χ1n) is 6.23. The van der Waals surface area contributed by atoms with Gasteiger partial charge >= 0.3 is 0 Å². The predicted octanol–water partition coefficient (Wildman–Crippen LogP) is 0.550. The highest BCUT2D eigenvalue weighted by Gasteiger charge is 2.25. The van der Waals surface area contributed by atoms with Gasteiger partial charge in [0.2, 0.25) is 0 Å². The molecule has 0 spiro atoms. The zero-order valence-electron chi connectivity index (χ0n) is 11.4. The monoisotopic (exact) mass is 303 g/mol. The summed E-state index contributed by atoms with van der Waals surface area (Å²) in [4.78, 5) is 2.52. The van der Waals surface area contributed by atoms with Crippen LogP contribution in [0.5, 0.6) is 0 Å². The Balaban J connectivity index is 2.36. The van der Waals surface area contributed by atoms with Crippen LogP contribution in [0.25, 0.3) is 0 Å². The van der Waals surface area contributed by atoms with Crippen LogP contribution in [0, 0.1) is 19.7 Å². The van der Waals surface area contributed by atoms with Gasteiger partial charge in [0.15, 0.2) is 0 Å². The standard InChI is InChI=1S/C12H18FN3O3S/c1-8-7-10(13)11(14)9(2)12(8)20(17,18)15-16-3-5-19-6-4-16/h7,15H,3-6,14H2,1-2H3. The number of ether oxygens (including phenoxy) is 1. The highest BCUT2D eigenvalue weighted by molar-refractivity contribution is 7.89. The molecule has 2 rings (SSSR count). The van der Waals surface area contributed by atoms with Gasteiger partial charge < -0.3 is 10.5 Å². The van der Waals surface area contributed by atoms with Gasteiger partial charge in [-0.1, -0.05) is 0 Å². The Hall–Kier alpha value is -1.22. The highest BCUT2D eigenvalue weighted by Crippen LogP contribution is 2.27. The lowest BCUT2D eigenvalue weighted by atomic mass is 10.1. The molecule has 112 valence electrons. The van der Waals surface area contributed by atoms with E-state index in [1.807, 2.05) is 0 Å². The molecule has 0 aliphatic carbocycles. The molecule has 0 amide bonds. The first-order valence-corrected chi connectivity index (χ1v) is 7.71. The Morgan fingerprint density at radius 3 is 2.55 bits per heavy atom. The van der Waals surface area contributed by atoms with Crippen LogP contribution in [0.15, 0.2) is 11.0 Å². The maximum Gasteiger partial charge on any atom is 0.254 e. The van der Waals surface area contributed by atoms with Crippen molar-refractivity contribution in [3.05, 3.63) is 23.0 Å². The van der Waals surface area contributed by atoms with Crippen molar-refractivity contribution in [2.45, 2.75) is 18.7 Å². The number of benzene rings is 1. The third-order valence-electron chi connectivity index (χ3n) is 3.23. The lowest BCUT2D eigenvalue weighted by molar-refractivity contribution is 0.0272. The maximum atomic E-state index is 13.5. The molecule has 0 aromatic heterocycles. The summed E-state index contributed by atoms with van der Waals surface area (Å²) in [6.07, 6.45) is 0. The molecule has 0 bridgehead atoms. The van der Waals surface area contributed by atoms with Crippen molar-refractivity contribution in [3.8, 4) is 0 Å². The molecule has 1 aliphatic heterocycles. The highest BCUT2D eigenvalue weighted by atomic mass is 32.2. The zero-order valence-corrected chi connectivity index (χ0v) is 12.3. The first-order chi connectivity index (χ1) is 9.33. The number of nitrogen functional groups attached to an aromatic ring is 1. The fraction of sp³-hybridized carbons (Fsp3) is 0.500. The second-order valence-electron chi connectivity index (χ2n) is 4.74. The number of nitrogens with zero attached hydrogens (tertiary/aromatic N) is 1. The third-order valence-corrected chi connectivity index (χ3v) is 4.90. The van der Waals surface area contributed by atoms with Gasteiger partial charge in [-0.15, -0.1) is 4.83 Å². The number of anilines is 1. The number of halogens is 1. The summed E-state index contributed by atoms with van der Waals surface area (Å²) in [7, 11) is -3.79. The number of sulfonamides is 1. The molecule has 8 heteroatoms. The van der Waals surface area contributed by atoms with Crippen LogP contribution in [0.4, 0.5) is 10.1 Å². The normalized spacial score (nSPS) is 17.4. The molecule has 3 N–H and O–H groups in total. The van der Waals surface area contributed by atoms with Gasteiger partial charge in [-0.05, 0) is 31.0 Å². The molecule has 20 heavy (non-hydrogen) atoms. The van der Waals surface area contributed by atoms with E-state index in [1.165, 1.54) is 6.92 Å². The van der Waals surface area contributed by atoms with Crippen molar-refractivity contribution in [1.82, 2.24) is 9.84 Å². The van der Waals surface area contributed by atoms with E-state index >= 15 is 0 Å². The largest absolute Gasteiger partial charge is 0.396 e. The topological polar surface area (TPSA) is 84.7 Å². The Kier molecular flexibility index (Phi) is 4.28. The minimum Gasteiger partial charge on any atom is -0.396 e. The summed E-state index contributed by atoms with van der Waals surface area (Å²) in [5.41, 5.74) is 5.99. The van der Waals surface area contributed by atoms with Crippen LogP contribution in [0.1, 0.15) is 11.1 Å². The van der Waals surface area contributed by atoms with Crippen molar-refractivity contribution in [2.75, 3.05) is 32.0 Å². The van der Waals surface area contributed by atoms with Gasteiger partial charge in [0.05, 0.1) is 23.8 Å². The van der Waals surface area contributed by atoms with E-state index in [0.29, 0.717) is 31.9 Å². The van der Waals surface area contributed by atoms with Crippen LogP contribution in [0.3, 0.4) is 0 Å². The fourth-order valence-corrected chi connectivity index (χ4v) is 3.82. The number of morpholine rings is 1. The van der Waals surface area contributed by atoms with E-state index in [2.05, 4.69) is 4.83 Å². The van der Waals surface area contributed by atoms with E-state index in [4.69, 9.17) is 10.5 Å². The average Bonchev–Trinajstić information content (AvgIpc) is 2.36. The molecule has 1 aromatic rings. The van der Waals surface area contributed by atoms with Crippen molar-refractivity contribution in [2.24, 2.45) is 0 Å². The molecule has 1 aromatic carbocycles. The molecule has 6 nitrogen and oxygen atoms in total. The van der Waals surface area contributed by atoms with Crippen molar-refractivity contribution < 1.29 is 17.5 Å². The van der Waals surface area contributed by atoms with Crippen LogP contribution in [-0.4, -0.2) is 39.7 Å². The van der Waals surface area contributed by atoms with Gasteiger partial charge in [0.25, 0.3) is 10.0 Å². The molecule has 1 heterocycles. The van der Waals surface area contributed by atoms with Gasteiger partial charge in [0, 0.05) is 13.1 Å². The van der Waals surface area contributed by atoms with Crippen LogP contribution in [-0.2, 0) is 14.8 Å². The van der Waals surface area contributed by atoms with Crippen LogP contribution < -0.4 is 10.6 Å². The number of aryl methyl sites for hydroxylation is 1. The summed E-state index contributed by atoms with van der Waals surface area (Å²) in [5, 5.41) is 1.57. The Morgan fingerprint density at radius 2 is 1.95 bits per heavy atom. The van der Waals surface area contributed by atoms with E-state index in [1.54, 1.807) is 11.9 Å². The minimum absolute atomic E-state index is 0.0305. The quantitative estimate of drug-likeness (QED) is 0.797. The molecule has 1 fully saturated rings. The Labute approximate surface area is 117 Å². The van der Waals surface area contributed by atoms with Gasteiger partial charge in [0.1, 0.15) is 5.82 Å². The number of nitrogens with one attached hydrogen (secondary N) is 1. The van der Waals surface area contributed by atoms with Crippen molar-refractivity contribution in [3.63, 3.8) is 0 Å². The molecular weight excluding hydrogens is 285 g/mol. The second kappa shape index (κ2) is 5.65. The molecule has 0 atom stereocenters. The molecular formula is C12H18FN3O3S. The summed E-state index contributed by atoms with van der Waals surface area (Å²) < 4.78 is 43.5. The fourth-order valence-electron chi connectivity index (χ4n) is 2.21. The van der Waals surface area contributed by atoms with E-state index in [0.717, 1.165) is 6.07 Å². The van der Waals surface area contributed by atoms with E-state index < -0.39 is 15.8 Å². The smallest absolute Gasteiger partial charge is 0.254 e.